The Kier molecular flexibility index (Phi) is 9.98. The fraction of sp³-hybridized carbons (Fsp3) is 0.652. The second kappa shape index (κ2) is 12.5. The van der Waals surface area contributed by atoms with E-state index in [0.29, 0.717) is 18.7 Å². The van der Waals surface area contributed by atoms with Gasteiger partial charge in [0.25, 0.3) is 0 Å². The van der Waals surface area contributed by atoms with Crippen molar-refractivity contribution in [3.05, 3.63) is 35.9 Å². The highest BCUT2D eigenvalue weighted by atomic mass is 16.5. The Labute approximate surface area is 176 Å². The van der Waals surface area contributed by atoms with Crippen LogP contribution in [-0.4, -0.2) is 55.7 Å². The summed E-state index contributed by atoms with van der Waals surface area (Å²) in [7, 11) is 2.14. The molecule has 1 aromatic rings. The van der Waals surface area contributed by atoms with Crippen LogP contribution in [0.1, 0.15) is 52.0 Å². The molecule has 0 aromatic heterocycles. The number of guanidine groups is 1. The Balaban J connectivity index is 1.82. The first kappa shape index (κ1) is 23.2. The number of benzene rings is 1. The van der Waals surface area contributed by atoms with Gasteiger partial charge in [0.15, 0.2) is 5.96 Å². The van der Waals surface area contributed by atoms with Crippen LogP contribution < -0.4 is 10.6 Å². The van der Waals surface area contributed by atoms with Crippen molar-refractivity contribution < 1.29 is 9.53 Å². The SMILES string of the molecule is CCNC(=NCC(C)N(C)Cc1ccccc1)NC1CCC(C(=O)OCC)CC1. The molecule has 0 amide bonds. The van der Waals surface area contributed by atoms with Gasteiger partial charge >= 0.3 is 5.97 Å². The number of hydrogen-bond donors (Lipinski definition) is 2. The van der Waals surface area contributed by atoms with Gasteiger partial charge in [-0.3, -0.25) is 14.7 Å². The first-order valence-corrected chi connectivity index (χ1v) is 11.0. The normalized spacial score (nSPS) is 20.9. The smallest absolute Gasteiger partial charge is 0.308 e. The van der Waals surface area contributed by atoms with E-state index in [9.17, 15) is 4.79 Å². The second-order valence-electron chi connectivity index (χ2n) is 7.91. The third-order valence-corrected chi connectivity index (χ3v) is 5.57. The van der Waals surface area contributed by atoms with Crippen LogP contribution in [0.15, 0.2) is 35.3 Å². The highest BCUT2D eigenvalue weighted by molar-refractivity contribution is 5.80. The lowest BCUT2D eigenvalue weighted by molar-refractivity contribution is -0.149. The van der Waals surface area contributed by atoms with Crippen molar-refractivity contribution in [3.63, 3.8) is 0 Å². The fourth-order valence-electron chi connectivity index (χ4n) is 3.64. The lowest BCUT2D eigenvalue weighted by Gasteiger charge is -2.29. The minimum Gasteiger partial charge on any atom is -0.466 e. The van der Waals surface area contributed by atoms with Gasteiger partial charge in [-0.25, -0.2) is 0 Å². The van der Waals surface area contributed by atoms with E-state index < -0.39 is 0 Å². The summed E-state index contributed by atoms with van der Waals surface area (Å²) in [5.74, 6) is 0.882. The Bertz CT molecular complexity index is 627. The average Bonchev–Trinajstić information content (AvgIpc) is 2.73. The molecule has 1 saturated carbocycles. The maximum absolute atomic E-state index is 11.9. The molecule has 1 aliphatic carbocycles. The summed E-state index contributed by atoms with van der Waals surface area (Å²) >= 11 is 0. The quantitative estimate of drug-likeness (QED) is 0.377. The number of carbonyl (C=O) groups is 1. The molecule has 29 heavy (non-hydrogen) atoms. The first-order valence-electron chi connectivity index (χ1n) is 11.0. The summed E-state index contributed by atoms with van der Waals surface area (Å²) in [6, 6.07) is 11.2. The molecule has 0 spiro atoms. The van der Waals surface area contributed by atoms with Crippen LogP contribution in [-0.2, 0) is 16.1 Å². The molecule has 0 radical (unpaired) electrons. The number of nitrogens with one attached hydrogen (secondary N) is 2. The summed E-state index contributed by atoms with van der Waals surface area (Å²) in [5, 5.41) is 6.92. The molecule has 0 saturated heterocycles. The predicted molar refractivity (Wildman–Crippen MR) is 119 cm³/mol. The van der Waals surface area contributed by atoms with Gasteiger partial charge < -0.3 is 15.4 Å². The maximum atomic E-state index is 11.9. The lowest BCUT2D eigenvalue weighted by atomic mass is 9.86. The van der Waals surface area contributed by atoms with Crippen molar-refractivity contribution in [1.29, 1.82) is 0 Å². The van der Waals surface area contributed by atoms with Crippen molar-refractivity contribution in [2.45, 2.75) is 65.1 Å². The van der Waals surface area contributed by atoms with Gasteiger partial charge in [-0.15, -0.1) is 0 Å². The predicted octanol–water partition coefficient (Wildman–Crippen LogP) is 3.18. The van der Waals surface area contributed by atoms with Crippen LogP contribution in [0.5, 0.6) is 0 Å². The van der Waals surface area contributed by atoms with E-state index in [1.165, 1.54) is 5.56 Å². The molecule has 1 aromatic carbocycles. The fourth-order valence-corrected chi connectivity index (χ4v) is 3.64. The highest BCUT2D eigenvalue weighted by Crippen LogP contribution is 2.25. The molecule has 1 atom stereocenters. The summed E-state index contributed by atoms with van der Waals surface area (Å²) in [6.07, 6.45) is 3.70. The number of esters is 1. The molecule has 2 N–H and O–H groups in total. The van der Waals surface area contributed by atoms with Crippen LogP contribution in [0.2, 0.25) is 0 Å². The van der Waals surface area contributed by atoms with E-state index in [1.807, 2.05) is 13.0 Å². The van der Waals surface area contributed by atoms with Crippen molar-refractivity contribution in [3.8, 4) is 0 Å². The van der Waals surface area contributed by atoms with Crippen LogP contribution in [0.25, 0.3) is 0 Å². The van der Waals surface area contributed by atoms with Gasteiger partial charge in [-0.2, -0.15) is 0 Å². The molecular weight excluding hydrogens is 364 g/mol. The highest BCUT2D eigenvalue weighted by Gasteiger charge is 2.27. The average molecular weight is 403 g/mol. The second-order valence-corrected chi connectivity index (χ2v) is 7.91. The van der Waals surface area contributed by atoms with E-state index in [2.05, 4.69) is 60.7 Å². The monoisotopic (exact) mass is 402 g/mol. The summed E-state index contributed by atoms with van der Waals surface area (Å²) < 4.78 is 5.17. The molecular formula is C23H38N4O2. The van der Waals surface area contributed by atoms with Crippen LogP contribution in [0.4, 0.5) is 0 Å². The number of likely N-dealkylation sites (N-methyl/N-ethyl adjacent to an activating group) is 1. The van der Waals surface area contributed by atoms with Crippen LogP contribution >= 0.6 is 0 Å². The maximum Gasteiger partial charge on any atom is 0.308 e. The van der Waals surface area contributed by atoms with Crippen molar-refractivity contribution in [1.82, 2.24) is 15.5 Å². The minimum atomic E-state index is -0.0400. The van der Waals surface area contributed by atoms with Gasteiger partial charge in [-0.1, -0.05) is 30.3 Å². The van der Waals surface area contributed by atoms with E-state index in [0.717, 1.165) is 51.3 Å². The van der Waals surface area contributed by atoms with E-state index >= 15 is 0 Å². The number of hydrogen-bond acceptors (Lipinski definition) is 4. The first-order chi connectivity index (χ1) is 14.0. The number of ether oxygens (including phenoxy) is 1. The summed E-state index contributed by atoms with van der Waals surface area (Å²) in [6.45, 7) is 9.10. The topological polar surface area (TPSA) is 66.0 Å². The molecule has 0 aliphatic heterocycles. The zero-order valence-corrected chi connectivity index (χ0v) is 18.5. The van der Waals surface area contributed by atoms with Crippen molar-refractivity contribution in [2.24, 2.45) is 10.9 Å². The van der Waals surface area contributed by atoms with Gasteiger partial charge in [0.2, 0.25) is 0 Å². The molecule has 162 valence electrons. The Morgan fingerprint density at radius 1 is 1.21 bits per heavy atom. The zero-order chi connectivity index (χ0) is 21.1. The number of aliphatic imine (C=N–C) groups is 1. The number of carbonyl (C=O) groups excluding carboxylic acids is 1. The molecule has 1 unspecified atom stereocenters. The number of nitrogens with zero attached hydrogens (tertiary/aromatic N) is 2. The van der Waals surface area contributed by atoms with E-state index in [1.54, 1.807) is 0 Å². The molecule has 1 aliphatic rings. The molecule has 1 fully saturated rings. The molecule has 0 bridgehead atoms. The minimum absolute atomic E-state index is 0.0400. The van der Waals surface area contributed by atoms with Crippen LogP contribution in [0.3, 0.4) is 0 Å². The van der Waals surface area contributed by atoms with Crippen molar-refractivity contribution in [2.75, 3.05) is 26.7 Å². The third-order valence-electron chi connectivity index (χ3n) is 5.57. The molecule has 2 rings (SSSR count). The third kappa shape index (κ3) is 8.05. The summed E-state index contributed by atoms with van der Waals surface area (Å²) in [4.78, 5) is 19.1. The Morgan fingerprint density at radius 3 is 2.52 bits per heavy atom. The molecule has 6 heteroatoms. The van der Waals surface area contributed by atoms with Gasteiger partial charge in [0.1, 0.15) is 0 Å². The zero-order valence-electron chi connectivity index (χ0n) is 18.5. The standard InChI is InChI=1S/C23H38N4O2/c1-5-24-23(26-21-14-12-20(13-15-21)22(28)29-6-2)25-16-18(3)27(4)17-19-10-8-7-9-11-19/h7-11,18,20-21H,5-6,12-17H2,1-4H3,(H2,24,25,26). The van der Waals surface area contributed by atoms with Gasteiger partial charge in [0.05, 0.1) is 19.1 Å². The lowest BCUT2D eigenvalue weighted by Crippen LogP contribution is -2.46. The number of rotatable bonds is 9. The summed E-state index contributed by atoms with van der Waals surface area (Å²) in [5.41, 5.74) is 1.31. The van der Waals surface area contributed by atoms with Crippen LogP contribution in [0, 0.1) is 5.92 Å². The Morgan fingerprint density at radius 2 is 1.90 bits per heavy atom. The molecule has 0 heterocycles. The van der Waals surface area contributed by atoms with Crippen molar-refractivity contribution >= 4 is 11.9 Å². The molecule has 6 nitrogen and oxygen atoms in total. The largest absolute Gasteiger partial charge is 0.466 e. The van der Waals surface area contributed by atoms with E-state index in [4.69, 9.17) is 9.73 Å². The van der Waals surface area contributed by atoms with E-state index in [-0.39, 0.29) is 11.9 Å². The van der Waals surface area contributed by atoms with Gasteiger partial charge in [-0.05, 0) is 59.1 Å². The Hall–Kier alpha value is -2.08. The van der Waals surface area contributed by atoms with Gasteiger partial charge in [0, 0.05) is 25.2 Å².